The molecular weight excluding hydrogens is 222 g/mol. The van der Waals surface area contributed by atoms with Crippen LogP contribution in [0.3, 0.4) is 0 Å². The molecule has 0 aliphatic rings. The number of halogens is 1. The Morgan fingerprint density at radius 2 is 2.12 bits per heavy atom. The SMILES string of the molecule is CNCCCN(C)c1cccc(CN)c1.Cl. The summed E-state index contributed by atoms with van der Waals surface area (Å²) >= 11 is 0. The fraction of sp³-hybridized carbons (Fsp3) is 0.500. The summed E-state index contributed by atoms with van der Waals surface area (Å²) in [5.41, 5.74) is 8.04. The van der Waals surface area contributed by atoms with E-state index in [0.717, 1.165) is 19.5 Å². The fourth-order valence-electron chi connectivity index (χ4n) is 1.54. The van der Waals surface area contributed by atoms with Crippen LogP contribution in [0.1, 0.15) is 12.0 Å². The van der Waals surface area contributed by atoms with Crippen molar-refractivity contribution in [3.63, 3.8) is 0 Å². The maximum Gasteiger partial charge on any atom is 0.0366 e. The fourth-order valence-corrected chi connectivity index (χ4v) is 1.54. The van der Waals surface area contributed by atoms with Crippen LogP contribution in [-0.2, 0) is 6.54 Å². The third-order valence-electron chi connectivity index (χ3n) is 2.51. The second-order valence-electron chi connectivity index (χ2n) is 3.75. The first kappa shape index (κ1) is 15.2. The third kappa shape index (κ3) is 4.84. The molecule has 1 aromatic carbocycles. The van der Waals surface area contributed by atoms with Gasteiger partial charge >= 0.3 is 0 Å². The van der Waals surface area contributed by atoms with Gasteiger partial charge in [-0.05, 0) is 37.7 Å². The highest BCUT2D eigenvalue weighted by Crippen LogP contribution is 2.14. The molecule has 92 valence electrons. The molecule has 0 aliphatic heterocycles. The van der Waals surface area contributed by atoms with Crippen LogP contribution in [0.4, 0.5) is 5.69 Å². The lowest BCUT2D eigenvalue weighted by Crippen LogP contribution is -2.22. The quantitative estimate of drug-likeness (QED) is 0.746. The Labute approximate surface area is 104 Å². The van der Waals surface area contributed by atoms with E-state index in [2.05, 4.69) is 41.5 Å². The number of nitrogens with zero attached hydrogens (tertiary/aromatic N) is 1. The molecule has 0 atom stereocenters. The number of hydrogen-bond acceptors (Lipinski definition) is 3. The van der Waals surface area contributed by atoms with E-state index < -0.39 is 0 Å². The van der Waals surface area contributed by atoms with Gasteiger partial charge in [0.1, 0.15) is 0 Å². The number of hydrogen-bond donors (Lipinski definition) is 2. The minimum absolute atomic E-state index is 0. The van der Waals surface area contributed by atoms with Crippen LogP contribution < -0.4 is 16.0 Å². The summed E-state index contributed by atoms with van der Waals surface area (Å²) in [4.78, 5) is 2.26. The normalized spacial score (nSPS) is 9.69. The van der Waals surface area contributed by atoms with Crippen LogP contribution in [0, 0.1) is 0 Å². The molecule has 16 heavy (non-hydrogen) atoms. The van der Waals surface area contributed by atoms with Crippen molar-refractivity contribution in [3.05, 3.63) is 29.8 Å². The molecule has 0 saturated heterocycles. The molecule has 1 rings (SSSR count). The summed E-state index contributed by atoms with van der Waals surface area (Å²) in [5.74, 6) is 0. The van der Waals surface area contributed by atoms with Gasteiger partial charge in [-0.1, -0.05) is 12.1 Å². The van der Waals surface area contributed by atoms with Crippen LogP contribution >= 0.6 is 12.4 Å². The highest BCUT2D eigenvalue weighted by Gasteiger charge is 2.00. The van der Waals surface area contributed by atoms with E-state index in [-0.39, 0.29) is 12.4 Å². The van der Waals surface area contributed by atoms with Gasteiger partial charge in [0.25, 0.3) is 0 Å². The van der Waals surface area contributed by atoms with E-state index in [1.54, 1.807) is 0 Å². The molecule has 0 radical (unpaired) electrons. The highest BCUT2D eigenvalue weighted by atomic mass is 35.5. The number of nitrogens with two attached hydrogens (primary N) is 1. The third-order valence-corrected chi connectivity index (χ3v) is 2.51. The van der Waals surface area contributed by atoms with E-state index in [1.165, 1.54) is 11.3 Å². The van der Waals surface area contributed by atoms with Gasteiger partial charge < -0.3 is 16.0 Å². The summed E-state index contributed by atoms with van der Waals surface area (Å²) in [6, 6.07) is 8.40. The van der Waals surface area contributed by atoms with Crippen LogP contribution in [0.15, 0.2) is 24.3 Å². The maximum atomic E-state index is 5.61. The molecule has 0 heterocycles. The van der Waals surface area contributed by atoms with E-state index in [1.807, 2.05) is 7.05 Å². The minimum atomic E-state index is 0. The average molecular weight is 244 g/mol. The zero-order valence-corrected chi connectivity index (χ0v) is 10.9. The predicted molar refractivity (Wildman–Crippen MR) is 73.4 cm³/mol. The van der Waals surface area contributed by atoms with Crippen molar-refractivity contribution in [1.29, 1.82) is 0 Å². The van der Waals surface area contributed by atoms with Crippen molar-refractivity contribution in [3.8, 4) is 0 Å². The number of nitrogens with one attached hydrogen (secondary N) is 1. The van der Waals surface area contributed by atoms with Gasteiger partial charge in [-0.2, -0.15) is 0 Å². The second kappa shape index (κ2) is 8.39. The van der Waals surface area contributed by atoms with Crippen LogP contribution in [-0.4, -0.2) is 27.2 Å². The van der Waals surface area contributed by atoms with E-state index in [4.69, 9.17) is 5.73 Å². The van der Waals surface area contributed by atoms with Gasteiger partial charge in [0, 0.05) is 25.8 Å². The molecule has 0 bridgehead atoms. The molecule has 0 spiro atoms. The topological polar surface area (TPSA) is 41.3 Å². The van der Waals surface area contributed by atoms with Gasteiger partial charge in [-0.25, -0.2) is 0 Å². The number of rotatable bonds is 6. The summed E-state index contributed by atoms with van der Waals surface area (Å²) in [5, 5.41) is 3.15. The molecule has 4 heteroatoms. The molecule has 0 aromatic heterocycles. The van der Waals surface area contributed by atoms with Crippen molar-refractivity contribution in [2.24, 2.45) is 5.73 Å². The maximum absolute atomic E-state index is 5.61. The Hall–Kier alpha value is -0.770. The molecule has 0 fully saturated rings. The minimum Gasteiger partial charge on any atom is -0.375 e. The lowest BCUT2D eigenvalue weighted by atomic mass is 10.2. The first-order valence-corrected chi connectivity index (χ1v) is 5.42. The molecule has 3 nitrogen and oxygen atoms in total. The van der Waals surface area contributed by atoms with Crippen LogP contribution in [0.2, 0.25) is 0 Å². The summed E-state index contributed by atoms with van der Waals surface area (Å²) in [7, 11) is 4.10. The summed E-state index contributed by atoms with van der Waals surface area (Å²) in [6.45, 7) is 2.73. The smallest absolute Gasteiger partial charge is 0.0366 e. The van der Waals surface area contributed by atoms with Crippen LogP contribution in [0.5, 0.6) is 0 Å². The second-order valence-corrected chi connectivity index (χ2v) is 3.75. The van der Waals surface area contributed by atoms with Crippen molar-refractivity contribution < 1.29 is 0 Å². The van der Waals surface area contributed by atoms with Gasteiger partial charge in [-0.15, -0.1) is 12.4 Å². The largest absolute Gasteiger partial charge is 0.375 e. The monoisotopic (exact) mass is 243 g/mol. The molecule has 1 aromatic rings. The number of benzene rings is 1. The first-order valence-electron chi connectivity index (χ1n) is 5.42. The zero-order chi connectivity index (χ0) is 11.1. The van der Waals surface area contributed by atoms with Gasteiger partial charge in [-0.3, -0.25) is 0 Å². The molecular formula is C12H22ClN3. The van der Waals surface area contributed by atoms with E-state index >= 15 is 0 Å². The Balaban J connectivity index is 0.00000225. The van der Waals surface area contributed by atoms with Gasteiger partial charge in [0.15, 0.2) is 0 Å². The van der Waals surface area contributed by atoms with E-state index in [9.17, 15) is 0 Å². The Bertz CT molecular complexity index is 291. The lowest BCUT2D eigenvalue weighted by molar-refractivity contribution is 0.713. The van der Waals surface area contributed by atoms with Crippen molar-refractivity contribution >= 4 is 18.1 Å². The Morgan fingerprint density at radius 1 is 1.38 bits per heavy atom. The number of anilines is 1. The molecule has 0 saturated carbocycles. The van der Waals surface area contributed by atoms with Crippen molar-refractivity contribution in [1.82, 2.24) is 5.32 Å². The van der Waals surface area contributed by atoms with E-state index in [0.29, 0.717) is 6.54 Å². The standard InChI is InChI=1S/C12H21N3.ClH/c1-14-7-4-8-15(2)12-6-3-5-11(9-12)10-13;/h3,5-6,9,14H,4,7-8,10,13H2,1-2H3;1H. The first-order chi connectivity index (χ1) is 7.27. The van der Waals surface area contributed by atoms with Gasteiger partial charge in [0.2, 0.25) is 0 Å². The van der Waals surface area contributed by atoms with Crippen molar-refractivity contribution in [2.45, 2.75) is 13.0 Å². The zero-order valence-electron chi connectivity index (χ0n) is 10.1. The highest BCUT2D eigenvalue weighted by molar-refractivity contribution is 5.85. The summed E-state index contributed by atoms with van der Waals surface area (Å²) < 4.78 is 0. The van der Waals surface area contributed by atoms with Crippen molar-refractivity contribution in [2.75, 3.05) is 32.1 Å². The lowest BCUT2D eigenvalue weighted by Gasteiger charge is -2.19. The molecule has 0 amide bonds. The molecule has 0 aliphatic carbocycles. The Morgan fingerprint density at radius 3 is 2.75 bits per heavy atom. The predicted octanol–water partition coefficient (Wildman–Crippen LogP) is 1.61. The summed E-state index contributed by atoms with van der Waals surface area (Å²) in [6.07, 6.45) is 1.15. The molecule has 0 unspecified atom stereocenters. The molecule has 3 N–H and O–H groups in total. The van der Waals surface area contributed by atoms with Gasteiger partial charge in [0.05, 0.1) is 0 Å². The average Bonchev–Trinajstić information content (AvgIpc) is 2.29. The van der Waals surface area contributed by atoms with Crippen LogP contribution in [0.25, 0.3) is 0 Å². The Kier molecular flexibility index (Phi) is 7.99.